The molecule has 8 nitrogen and oxygen atoms in total. The Hall–Kier alpha value is -3.12. The van der Waals surface area contributed by atoms with Gasteiger partial charge < -0.3 is 19.9 Å². The second kappa shape index (κ2) is 10.4. The zero-order valence-electron chi connectivity index (χ0n) is 23.1. The predicted molar refractivity (Wildman–Crippen MR) is 158 cm³/mol. The highest BCUT2D eigenvalue weighted by Gasteiger charge is 2.55. The summed E-state index contributed by atoms with van der Waals surface area (Å²) >= 11 is 6.71. The van der Waals surface area contributed by atoms with Crippen LogP contribution >= 0.6 is 11.6 Å². The van der Waals surface area contributed by atoms with E-state index < -0.39 is 0 Å². The van der Waals surface area contributed by atoms with Crippen LogP contribution in [0.1, 0.15) is 43.4 Å². The Kier molecular flexibility index (Phi) is 6.69. The Morgan fingerprint density at radius 2 is 1.98 bits per heavy atom. The van der Waals surface area contributed by atoms with Gasteiger partial charge in [0.2, 0.25) is 0 Å². The van der Waals surface area contributed by atoms with Crippen molar-refractivity contribution in [2.75, 3.05) is 49.6 Å². The van der Waals surface area contributed by atoms with Crippen LogP contribution < -0.4 is 19.9 Å². The zero-order chi connectivity index (χ0) is 27.3. The average Bonchev–Trinajstić information content (AvgIpc) is 3.61. The summed E-state index contributed by atoms with van der Waals surface area (Å²) in [5.74, 6) is 0.982. The molecular weight excluding hydrogens is 522 g/mol. The van der Waals surface area contributed by atoms with Crippen LogP contribution in [0.4, 0.5) is 11.5 Å². The Morgan fingerprint density at radius 3 is 2.75 bits per heavy atom. The van der Waals surface area contributed by atoms with E-state index in [0.717, 1.165) is 91.4 Å². The van der Waals surface area contributed by atoms with E-state index >= 15 is 0 Å². The number of hydrogen-bond acceptors (Lipinski definition) is 8. The molecular formula is C31H36ClN7O. The maximum absolute atomic E-state index is 9.33. The van der Waals surface area contributed by atoms with Crippen molar-refractivity contribution in [3.8, 4) is 12.1 Å². The number of nitrogens with zero attached hydrogens (tertiary/aromatic N) is 6. The molecule has 1 aliphatic carbocycles. The van der Waals surface area contributed by atoms with Gasteiger partial charge in [0.05, 0.1) is 29.8 Å². The minimum Gasteiger partial charge on any atom is -0.455 e. The maximum atomic E-state index is 9.33. The number of fused-ring (bicyclic) bond motifs is 2. The fourth-order valence-electron chi connectivity index (χ4n) is 7.09. The zero-order valence-corrected chi connectivity index (χ0v) is 23.8. The van der Waals surface area contributed by atoms with E-state index in [-0.39, 0.29) is 11.6 Å². The highest BCUT2D eigenvalue weighted by Crippen LogP contribution is 2.48. The Labute approximate surface area is 240 Å². The Balaban J connectivity index is 1.26. The van der Waals surface area contributed by atoms with Crippen molar-refractivity contribution in [1.82, 2.24) is 20.2 Å². The van der Waals surface area contributed by atoms with Gasteiger partial charge in [0.25, 0.3) is 0 Å². The number of halogens is 1. The van der Waals surface area contributed by atoms with Crippen molar-refractivity contribution in [2.45, 2.75) is 62.8 Å². The van der Waals surface area contributed by atoms with Crippen molar-refractivity contribution < 1.29 is 4.74 Å². The normalized spacial score (nSPS) is 24.1. The van der Waals surface area contributed by atoms with Crippen molar-refractivity contribution in [2.24, 2.45) is 0 Å². The molecule has 208 valence electrons. The summed E-state index contributed by atoms with van der Waals surface area (Å²) < 4.78 is 6.77. The third-order valence-electron chi connectivity index (χ3n) is 9.25. The van der Waals surface area contributed by atoms with E-state index in [1.165, 1.54) is 12.0 Å². The first-order valence-electron chi connectivity index (χ1n) is 14.6. The van der Waals surface area contributed by atoms with Crippen LogP contribution in [0.3, 0.4) is 0 Å². The summed E-state index contributed by atoms with van der Waals surface area (Å²) in [4.78, 5) is 17.4. The minimum absolute atomic E-state index is 0.133. The van der Waals surface area contributed by atoms with Crippen molar-refractivity contribution in [3.63, 3.8) is 0 Å². The third-order valence-corrected chi connectivity index (χ3v) is 9.57. The fourth-order valence-corrected chi connectivity index (χ4v) is 7.37. The van der Waals surface area contributed by atoms with E-state index in [4.69, 9.17) is 26.3 Å². The van der Waals surface area contributed by atoms with Gasteiger partial charge in [-0.05, 0) is 63.2 Å². The van der Waals surface area contributed by atoms with Crippen LogP contribution in [-0.4, -0.2) is 72.3 Å². The van der Waals surface area contributed by atoms with Gasteiger partial charge in [0.15, 0.2) is 0 Å². The SMILES string of the molecule is CN1CCCC1C1(Oc2nc3c(c(N4CCNC(CC#N)C4)n2)CCN(c2cccc4cccc(Cl)c24)C3)CC1. The summed E-state index contributed by atoms with van der Waals surface area (Å²) in [6.07, 6.45) is 5.81. The minimum atomic E-state index is -0.179. The smallest absolute Gasteiger partial charge is 0.319 e. The lowest BCUT2D eigenvalue weighted by atomic mass is 10.0. The Morgan fingerprint density at radius 1 is 1.12 bits per heavy atom. The van der Waals surface area contributed by atoms with Gasteiger partial charge in [-0.1, -0.05) is 35.9 Å². The number of hydrogen-bond donors (Lipinski definition) is 1. The molecule has 3 aliphatic heterocycles. The average molecular weight is 558 g/mol. The first-order valence-corrected chi connectivity index (χ1v) is 15.0. The molecule has 7 rings (SSSR count). The lowest BCUT2D eigenvalue weighted by molar-refractivity contribution is 0.0759. The molecule has 4 heterocycles. The highest BCUT2D eigenvalue weighted by molar-refractivity contribution is 6.36. The van der Waals surface area contributed by atoms with Crippen molar-refractivity contribution >= 4 is 33.9 Å². The number of anilines is 2. The molecule has 2 unspecified atom stereocenters. The molecule has 2 aromatic carbocycles. The first-order chi connectivity index (χ1) is 19.5. The lowest BCUT2D eigenvalue weighted by Crippen LogP contribution is -2.51. The number of nitrogens with one attached hydrogen (secondary N) is 1. The number of piperazine rings is 1. The Bertz CT molecular complexity index is 1460. The third kappa shape index (κ3) is 4.64. The molecule has 0 bridgehead atoms. The van der Waals surface area contributed by atoms with Gasteiger partial charge in [-0.25, -0.2) is 0 Å². The van der Waals surface area contributed by atoms with Crippen LogP contribution in [0.25, 0.3) is 10.8 Å². The first kappa shape index (κ1) is 25.8. The van der Waals surface area contributed by atoms with Crippen LogP contribution in [0.5, 0.6) is 6.01 Å². The number of aromatic nitrogens is 2. The second-order valence-corrected chi connectivity index (χ2v) is 12.2. The number of rotatable bonds is 6. The molecule has 0 spiro atoms. The molecule has 9 heteroatoms. The number of likely N-dealkylation sites (tertiary alicyclic amines) is 1. The molecule has 0 radical (unpaired) electrons. The summed E-state index contributed by atoms with van der Waals surface area (Å²) in [5, 5.41) is 15.8. The van der Waals surface area contributed by atoms with Crippen LogP contribution in [0, 0.1) is 11.3 Å². The molecule has 0 amide bonds. The largest absolute Gasteiger partial charge is 0.455 e. The fraction of sp³-hybridized carbons (Fsp3) is 0.516. The van der Waals surface area contributed by atoms with Gasteiger partial charge in [0.1, 0.15) is 11.4 Å². The molecule has 2 atom stereocenters. The standard InChI is InChI=1S/C31H36ClN7O/c1-37-16-4-9-27(37)31(12-13-31)40-30-35-25-20-38(26-8-3-6-21-5-2-7-24(32)28(21)26)17-11-23(25)29(36-30)39-18-15-34-22(19-39)10-14-33/h2-3,5-8,22,27,34H,4,9-13,15-20H2,1H3. The van der Waals surface area contributed by atoms with Crippen molar-refractivity contribution in [1.29, 1.82) is 5.26 Å². The molecule has 2 saturated heterocycles. The second-order valence-electron chi connectivity index (χ2n) is 11.8. The summed E-state index contributed by atoms with van der Waals surface area (Å²) in [6, 6.07) is 15.9. The molecule has 40 heavy (non-hydrogen) atoms. The van der Waals surface area contributed by atoms with Crippen molar-refractivity contribution in [3.05, 3.63) is 52.7 Å². The number of benzene rings is 2. The van der Waals surface area contributed by atoms with Gasteiger partial charge >= 0.3 is 6.01 Å². The van der Waals surface area contributed by atoms with Gasteiger partial charge in [-0.15, -0.1) is 0 Å². The molecule has 1 aromatic heterocycles. The van der Waals surface area contributed by atoms with Gasteiger partial charge in [-0.3, -0.25) is 4.90 Å². The lowest BCUT2D eigenvalue weighted by Gasteiger charge is -2.38. The molecule has 3 fully saturated rings. The highest BCUT2D eigenvalue weighted by atomic mass is 35.5. The molecule has 1 saturated carbocycles. The van der Waals surface area contributed by atoms with E-state index in [1.807, 2.05) is 12.1 Å². The maximum Gasteiger partial charge on any atom is 0.319 e. The van der Waals surface area contributed by atoms with Gasteiger partial charge in [0, 0.05) is 54.9 Å². The van der Waals surface area contributed by atoms with Crippen LogP contribution in [-0.2, 0) is 13.0 Å². The quantitative estimate of drug-likeness (QED) is 0.473. The topological polar surface area (TPSA) is 80.5 Å². The molecule has 4 aliphatic rings. The number of likely N-dealkylation sites (N-methyl/N-ethyl adjacent to an activating group) is 1. The number of nitriles is 1. The number of ether oxygens (including phenoxy) is 1. The summed E-state index contributed by atoms with van der Waals surface area (Å²) in [6.45, 7) is 5.10. The van der Waals surface area contributed by atoms with Crippen LogP contribution in [0.15, 0.2) is 36.4 Å². The molecule has 3 aromatic rings. The van der Waals surface area contributed by atoms with E-state index in [2.05, 4.69) is 57.4 Å². The van der Waals surface area contributed by atoms with E-state index in [0.29, 0.717) is 25.0 Å². The summed E-state index contributed by atoms with van der Waals surface area (Å²) in [7, 11) is 2.21. The molecule has 1 N–H and O–H groups in total. The van der Waals surface area contributed by atoms with Crippen LogP contribution in [0.2, 0.25) is 5.02 Å². The van der Waals surface area contributed by atoms with E-state index in [1.54, 1.807) is 0 Å². The van der Waals surface area contributed by atoms with E-state index in [9.17, 15) is 5.26 Å². The summed E-state index contributed by atoms with van der Waals surface area (Å²) in [5.41, 5.74) is 3.19. The predicted octanol–water partition coefficient (Wildman–Crippen LogP) is 4.54. The van der Waals surface area contributed by atoms with Gasteiger partial charge in [-0.2, -0.15) is 15.2 Å². The monoisotopic (exact) mass is 557 g/mol.